The average Bonchev–Trinajstić information content (AvgIpc) is 2.43. The van der Waals surface area contributed by atoms with Crippen molar-refractivity contribution in [2.24, 2.45) is 0 Å². The van der Waals surface area contributed by atoms with E-state index in [1.54, 1.807) is 0 Å². The average molecular weight is 230 g/mol. The number of benzene rings is 3. The molecular formula is C18H14. The van der Waals surface area contributed by atoms with Crippen LogP contribution in [0.2, 0.25) is 0 Å². The van der Waals surface area contributed by atoms with Crippen LogP contribution in [0.4, 0.5) is 0 Å². The van der Waals surface area contributed by atoms with Crippen LogP contribution in [0.1, 0.15) is 11.1 Å². The monoisotopic (exact) mass is 230 g/mol. The van der Waals surface area contributed by atoms with Crippen LogP contribution >= 0.6 is 0 Å². The normalized spacial score (nSPS) is 10.7. The number of hydrogen-bond donors (Lipinski definition) is 0. The predicted molar refractivity (Wildman–Crippen MR) is 81.6 cm³/mol. The summed E-state index contributed by atoms with van der Waals surface area (Å²) in [5.41, 5.74) is 2.36. The van der Waals surface area contributed by atoms with Crippen LogP contribution < -0.4 is 0 Å². The fraction of sp³-hybridized carbons (Fsp3) is 0. The molecule has 0 heteroatoms. The zero-order chi connectivity index (χ0) is 12.5. The Morgan fingerprint density at radius 3 is 1.50 bits per heavy atom. The van der Waals surface area contributed by atoms with Gasteiger partial charge in [0.2, 0.25) is 0 Å². The van der Waals surface area contributed by atoms with Gasteiger partial charge in [0, 0.05) is 0 Å². The molecule has 0 aromatic heterocycles. The highest BCUT2D eigenvalue weighted by atomic mass is 14.1. The van der Waals surface area contributed by atoms with Gasteiger partial charge in [-0.25, -0.2) is 0 Å². The SMILES string of the molecule is C=Cc1cccc2cc3c(C=C)cccc3cc12. The van der Waals surface area contributed by atoms with Crippen molar-refractivity contribution in [3.05, 3.63) is 72.8 Å². The molecule has 0 N–H and O–H groups in total. The number of rotatable bonds is 2. The lowest BCUT2D eigenvalue weighted by Gasteiger charge is -2.07. The molecule has 0 aliphatic carbocycles. The molecule has 3 aromatic carbocycles. The summed E-state index contributed by atoms with van der Waals surface area (Å²) in [5, 5.41) is 4.99. The van der Waals surface area contributed by atoms with E-state index in [-0.39, 0.29) is 0 Å². The largest absolute Gasteiger partial charge is 0.0984 e. The molecule has 0 atom stereocenters. The highest BCUT2D eigenvalue weighted by molar-refractivity contribution is 6.04. The molecule has 0 aliphatic rings. The summed E-state index contributed by atoms with van der Waals surface area (Å²) in [4.78, 5) is 0. The molecule has 18 heavy (non-hydrogen) atoms. The smallest absolute Gasteiger partial charge is 0.0105 e. The van der Waals surface area contributed by atoms with Crippen molar-refractivity contribution in [2.45, 2.75) is 0 Å². The molecule has 3 aromatic rings. The Morgan fingerprint density at radius 1 is 0.667 bits per heavy atom. The molecular weight excluding hydrogens is 216 g/mol. The van der Waals surface area contributed by atoms with Gasteiger partial charge >= 0.3 is 0 Å². The van der Waals surface area contributed by atoms with E-state index in [2.05, 4.69) is 61.7 Å². The van der Waals surface area contributed by atoms with Crippen molar-refractivity contribution in [1.29, 1.82) is 0 Å². The van der Waals surface area contributed by atoms with E-state index in [4.69, 9.17) is 0 Å². The maximum atomic E-state index is 3.88. The molecule has 0 fully saturated rings. The van der Waals surface area contributed by atoms with Crippen molar-refractivity contribution < 1.29 is 0 Å². The minimum absolute atomic E-state index is 1.18. The van der Waals surface area contributed by atoms with Crippen LogP contribution in [0.15, 0.2) is 61.7 Å². The second kappa shape index (κ2) is 4.15. The summed E-state index contributed by atoms with van der Waals surface area (Å²) in [7, 11) is 0. The standard InChI is InChI=1S/C18H14/c1-3-13-7-5-9-15-12-18-14(4-2)8-6-10-16(18)11-17(13)15/h3-12H,1-2H2. The van der Waals surface area contributed by atoms with Gasteiger partial charge in [-0.1, -0.05) is 61.7 Å². The minimum Gasteiger partial charge on any atom is -0.0984 e. The minimum atomic E-state index is 1.18. The third kappa shape index (κ3) is 1.54. The van der Waals surface area contributed by atoms with Crippen LogP contribution in [0, 0.1) is 0 Å². The molecule has 0 bridgehead atoms. The Bertz CT molecular complexity index is 696. The maximum absolute atomic E-state index is 3.88. The van der Waals surface area contributed by atoms with Gasteiger partial charge in [-0.2, -0.15) is 0 Å². The summed E-state index contributed by atoms with van der Waals surface area (Å²) in [6.07, 6.45) is 3.82. The summed E-state index contributed by atoms with van der Waals surface area (Å²) < 4.78 is 0. The first-order valence-corrected chi connectivity index (χ1v) is 6.04. The molecule has 86 valence electrons. The van der Waals surface area contributed by atoms with E-state index in [0.29, 0.717) is 0 Å². The summed E-state index contributed by atoms with van der Waals surface area (Å²) >= 11 is 0. The molecule has 0 heterocycles. The summed E-state index contributed by atoms with van der Waals surface area (Å²) in [5.74, 6) is 0. The van der Waals surface area contributed by atoms with Gasteiger partial charge in [0.1, 0.15) is 0 Å². The number of fused-ring (bicyclic) bond motifs is 2. The Hall–Kier alpha value is -2.34. The Morgan fingerprint density at radius 2 is 1.11 bits per heavy atom. The number of hydrogen-bond acceptors (Lipinski definition) is 0. The Labute approximate surface area is 107 Å². The van der Waals surface area contributed by atoms with E-state index in [0.717, 1.165) is 0 Å². The van der Waals surface area contributed by atoms with Gasteiger partial charge in [0.25, 0.3) is 0 Å². The second-order valence-corrected chi connectivity index (χ2v) is 4.40. The van der Waals surface area contributed by atoms with Gasteiger partial charge in [-0.3, -0.25) is 0 Å². The molecule has 0 aliphatic heterocycles. The molecule has 3 rings (SSSR count). The summed E-state index contributed by atoms with van der Waals surface area (Å²) in [6, 6.07) is 17.1. The predicted octanol–water partition coefficient (Wildman–Crippen LogP) is 5.28. The molecule has 0 saturated carbocycles. The molecule has 0 unspecified atom stereocenters. The van der Waals surface area contributed by atoms with Crippen LogP contribution in [-0.2, 0) is 0 Å². The van der Waals surface area contributed by atoms with Crippen molar-refractivity contribution in [1.82, 2.24) is 0 Å². The molecule has 0 amide bonds. The van der Waals surface area contributed by atoms with E-state index in [1.807, 2.05) is 12.2 Å². The van der Waals surface area contributed by atoms with Gasteiger partial charge in [0.15, 0.2) is 0 Å². The van der Waals surface area contributed by atoms with Crippen molar-refractivity contribution in [3.8, 4) is 0 Å². The van der Waals surface area contributed by atoms with Gasteiger partial charge in [-0.05, 0) is 44.8 Å². The Kier molecular flexibility index (Phi) is 2.49. The summed E-state index contributed by atoms with van der Waals surface area (Å²) in [6.45, 7) is 7.76. The highest BCUT2D eigenvalue weighted by Gasteiger charge is 2.03. The lowest BCUT2D eigenvalue weighted by molar-refractivity contribution is 1.72. The first-order valence-electron chi connectivity index (χ1n) is 6.04. The van der Waals surface area contributed by atoms with Crippen LogP contribution in [0.25, 0.3) is 33.7 Å². The zero-order valence-corrected chi connectivity index (χ0v) is 10.2. The van der Waals surface area contributed by atoms with Crippen LogP contribution in [0.3, 0.4) is 0 Å². The van der Waals surface area contributed by atoms with E-state index in [1.165, 1.54) is 32.7 Å². The van der Waals surface area contributed by atoms with Crippen molar-refractivity contribution in [2.75, 3.05) is 0 Å². The first-order chi connectivity index (χ1) is 8.83. The third-order valence-corrected chi connectivity index (χ3v) is 3.39. The van der Waals surface area contributed by atoms with Gasteiger partial charge in [-0.15, -0.1) is 0 Å². The van der Waals surface area contributed by atoms with E-state index in [9.17, 15) is 0 Å². The molecule has 0 nitrogen and oxygen atoms in total. The van der Waals surface area contributed by atoms with Crippen molar-refractivity contribution in [3.63, 3.8) is 0 Å². The van der Waals surface area contributed by atoms with Crippen LogP contribution in [0.5, 0.6) is 0 Å². The molecule has 0 spiro atoms. The quantitative estimate of drug-likeness (QED) is 0.525. The lowest BCUT2D eigenvalue weighted by atomic mass is 9.97. The lowest BCUT2D eigenvalue weighted by Crippen LogP contribution is -1.82. The molecule has 0 saturated heterocycles. The fourth-order valence-electron chi connectivity index (χ4n) is 2.46. The fourth-order valence-corrected chi connectivity index (χ4v) is 2.46. The first kappa shape index (κ1) is 10.8. The highest BCUT2D eigenvalue weighted by Crippen LogP contribution is 2.28. The zero-order valence-electron chi connectivity index (χ0n) is 10.2. The topological polar surface area (TPSA) is 0 Å². The van der Waals surface area contributed by atoms with Crippen LogP contribution in [-0.4, -0.2) is 0 Å². The second-order valence-electron chi connectivity index (χ2n) is 4.40. The van der Waals surface area contributed by atoms with Gasteiger partial charge in [0.05, 0.1) is 0 Å². The maximum Gasteiger partial charge on any atom is -0.0105 e. The van der Waals surface area contributed by atoms with Gasteiger partial charge < -0.3 is 0 Å². The Balaban J connectivity index is 2.50. The van der Waals surface area contributed by atoms with E-state index >= 15 is 0 Å². The third-order valence-electron chi connectivity index (χ3n) is 3.39. The van der Waals surface area contributed by atoms with Crippen molar-refractivity contribution >= 4 is 33.7 Å². The van der Waals surface area contributed by atoms with E-state index < -0.39 is 0 Å². The molecule has 0 radical (unpaired) electrons.